The Bertz CT molecular complexity index is 364. The molecule has 4 nitrogen and oxygen atoms in total. The van der Waals surface area contributed by atoms with Crippen LogP contribution in [0.5, 0.6) is 0 Å². The number of ether oxygens (including phenoxy) is 1. The van der Waals surface area contributed by atoms with Crippen molar-refractivity contribution in [1.82, 2.24) is 10.2 Å². The zero-order valence-electron chi connectivity index (χ0n) is 13.0. The molecule has 1 aliphatic heterocycles. The molecule has 0 saturated carbocycles. The average Bonchev–Trinajstić information content (AvgIpc) is 2.99. The first-order chi connectivity index (χ1) is 10.2. The molecule has 0 bridgehead atoms. The molecule has 0 aromatic carbocycles. The molecule has 1 aromatic heterocycles. The summed E-state index contributed by atoms with van der Waals surface area (Å²) in [6, 6.07) is 4.07. The van der Waals surface area contributed by atoms with Gasteiger partial charge in [-0.25, -0.2) is 0 Å². The van der Waals surface area contributed by atoms with Crippen molar-refractivity contribution < 1.29 is 9.84 Å². The number of aliphatic hydroxyl groups excluding tert-OH is 1. The number of thiophene rings is 1. The maximum Gasteiger partial charge on any atom is 0.0897 e. The van der Waals surface area contributed by atoms with Crippen molar-refractivity contribution in [1.29, 1.82) is 0 Å². The molecular weight excluding hydrogens is 284 g/mol. The molecule has 1 atom stereocenters. The Balaban J connectivity index is 1.44. The molecule has 0 spiro atoms. The van der Waals surface area contributed by atoms with E-state index >= 15 is 0 Å². The van der Waals surface area contributed by atoms with E-state index in [1.807, 2.05) is 11.4 Å². The van der Waals surface area contributed by atoms with Crippen molar-refractivity contribution in [3.05, 3.63) is 22.4 Å². The van der Waals surface area contributed by atoms with Crippen molar-refractivity contribution in [2.75, 3.05) is 39.8 Å². The Morgan fingerprint density at radius 1 is 1.48 bits per heavy atom. The Morgan fingerprint density at radius 2 is 2.29 bits per heavy atom. The van der Waals surface area contributed by atoms with Crippen LogP contribution in [0.15, 0.2) is 17.5 Å². The number of nitrogens with zero attached hydrogens (tertiary/aromatic N) is 1. The van der Waals surface area contributed by atoms with E-state index in [0.29, 0.717) is 19.8 Å². The van der Waals surface area contributed by atoms with Gasteiger partial charge in [-0.3, -0.25) is 0 Å². The summed E-state index contributed by atoms with van der Waals surface area (Å²) in [5.74, 6) is 0.848. The summed E-state index contributed by atoms with van der Waals surface area (Å²) in [7, 11) is 2.20. The van der Waals surface area contributed by atoms with Crippen LogP contribution in [0.3, 0.4) is 0 Å². The van der Waals surface area contributed by atoms with Crippen LogP contribution in [0.1, 0.15) is 24.1 Å². The number of nitrogens with one attached hydrogen (secondary N) is 1. The van der Waals surface area contributed by atoms with Crippen LogP contribution in [-0.2, 0) is 11.3 Å². The number of aliphatic hydroxyl groups is 1. The lowest BCUT2D eigenvalue weighted by Crippen LogP contribution is -2.34. The third-order valence-electron chi connectivity index (χ3n) is 4.08. The second-order valence-corrected chi connectivity index (χ2v) is 7.02. The molecule has 0 amide bonds. The van der Waals surface area contributed by atoms with Gasteiger partial charge in [0.2, 0.25) is 0 Å². The van der Waals surface area contributed by atoms with Crippen molar-refractivity contribution in [2.24, 2.45) is 5.92 Å². The van der Waals surface area contributed by atoms with Crippen LogP contribution in [0.25, 0.3) is 0 Å². The Labute approximate surface area is 132 Å². The van der Waals surface area contributed by atoms with Crippen molar-refractivity contribution >= 4 is 11.3 Å². The van der Waals surface area contributed by atoms with Gasteiger partial charge in [0.1, 0.15) is 0 Å². The van der Waals surface area contributed by atoms with Crippen molar-refractivity contribution in [3.8, 4) is 0 Å². The van der Waals surface area contributed by atoms with Gasteiger partial charge in [-0.2, -0.15) is 0 Å². The predicted octanol–water partition coefficient (Wildman–Crippen LogP) is 1.95. The number of hydrogen-bond donors (Lipinski definition) is 2. The zero-order chi connectivity index (χ0) is 14.9. The quantitative estimate of drug-likeness (QED) is 0.684. The molecule has 5 heteroatoms. The molecule has 1 aromatic rings. The predicted molar refractivity (Wildman–Crippen MR) is 87.7 cm³/mol. The van der Waals surface area contributed by atoms with Crippen LogP contribution in [0.2, 0.25) is 0 Å². The lowest BCUT2D eigenvalue weighted by molar-refractivity contribution is 0.0297. The maximum atomic E-state index is 9.86. The molecular formula is C16H28N2O2S. The molecule has 21 heavy (non-hydrogen) atoms. The van der Waals surface area contributed by atoms with Gasteiger partial charge in [0, 0.05) is 11.4 Å². The minimum atomic E-state index is -0.414. The zero-order valence-corrected chi connectivity index (χ0v) is 13.8. The summed E-state index contributed by atoms with van der Waals surface area (Å²) < 4.78 is 5.51. The standard InChI is InChI=1S/C16H28N2O2S/c1-18-8-5-14(6-9-18)4-7-17-11-15(19)12-20-13-16-3-2-10-21-16/h2-3,10,14-15,17,19H,4-9,11-13H2,1H3. The van der Waals surface area contributed by atoms with Crippen LogP contribution in [0, 0.1) is 5.92 Å². The fourth-order valence-electron chi connectivity index (χ4n) is 2.67. The third-order valence-corrected chi connectivity index (χ3v) is 4.93. The largest absolute Gasteiger partial charge is 0.389 e. The first-order valence-electron chi connectivity index (χ1n) is 7.91. The SMILES string of the molecule is CN1CCC(CCNCC(O)COCc2cccs2)CC1. The number of hydrogen-bond acceptors (Lipinski definition) is 5. The van der Waals surface area contributed by atoms with Crippen LogP contribution >= 0.6 is 11.3 Å². The Morgan fingerprint density at radius 3 is 3.00 bits per heavy atom. The smallest absolute Gasteiger partial charge is 0.0897 e. The first-order valence-corrected chi connectivity index (χ1v) is 8.79. The van der Waals surface area contributed by atoms with E-state index in [-0.39, 0.29) is 0 Å². The summed E-state index contributed by atoms with van der Waals surface area (Å²) in [6.07, 6.45) is 3.42. The summed E-state index contributed by atoms with van der Waals surface area (Å²) in [6.45, 7) is 5.07. The summed E-state index contributed by atoms with van der Waals surface area (Å²) in [5, 5.41) is 15.2. The summed E-state index contributed by atoms with van der Waals surface area (Å²) >= 11 is 1.69. The maximum absolute atomic E-state index is 9.86. The molecule has 2 N–H and O–H groups in total. The Hall–Kier alpha value is -0.460. The van der Waals surface area contributed by atoms with Gasteiger partial charge in [0.15, 0.2) is 0 Å². The highest BCUT2D eigenvalue weighted by Crippen LogP contribution is 2.18. The Kier molecular flexibility index (Phi) is 7.68. The van der Waals surface area contributed by atoms with Gasteiger partial charge >= 0.3 is 0 Å². The highest BCUT2D eigenvalue weighted by Gasteiger charge is 2.16. The highest BCUT2D eigenvalue weighted by molar-refractivity contribution is 7.09. The molecule has 1 fully saturated rings. The number of rotatable bonds is 9. The lowest BCUT2D eigenvalue weighted by atomic mass is 9.94. The average molecular weight is 312 g/mol. The molecule has 1 saturated heterocycles. The van der Waals surface area contributed by atoms with Gasteiger partial charge in [-0.1, -0.05) is 6.07 Å². The molecule has 1 unspecified atom stereocenters. The van der Waals surface area contributed by atoms with Crippen molar-refractivity contribution in [2.45, 2.75) is 32.0 Å². The van der Waals surface area contributed by atoms with Gasteiger partial charge < -0.3 is 20.1 Å². The molecule has 2 rings (SSSR count). The van der Waals surface area contributed by atoms with Crippen LogP contribution in [0.4, 0.5) is 0 Å². The fourth-order valence-corrected chi connectivity index (χ4v) is 3.32. The number of piperidine rings is 1. The monoisotopic (exact) mass is 312 g/mol. The first kappa shape index (κ1) is 16.9. The molecule has 0 aliphatic carbocycles. The second-order valence-electron chi connectivity index (χ2n) is 5.99. The van der Waals surface area contributed by atoms with E-state index < -0.39 is 6.10 Å². The van der Waals surface area contributed by atoms with E-state index in [0.717, 1.165) is 12.5 Å². The van der Waals surface area contributed by atoms with E-state index in [1.54, 1.807) is 11.3 Å². The van der Waals surface area contributed by atoms with E-state index in [9.17, 15) is 5.11 Å². The summed E-state index contributed by atoms with van der Waals surface area (Å²) in [4.78, 5) is 3.61. The minimum Gasteiger partial charge on any atom is -0.389 e. The minimum absolute atomic E-state index is 0.402. The van der Waals surface area contributed by atoms with Crippen molar-refractivity contribution in [3.63, 3.8) is 0 Å². The van der Waals surface area contributed by atoms with E-state index in [2.05, 4.69) is 23.3 Å². The number of likely N-dealkylation sites (tertiary alicyclic amines) is 1. The van der Waals surface area contributed by atoms with Gasteiger partial charge in [0.25, 0.3) is 0 Å². The normalized spacial score (nSPS) is 19.0. The molecule has 2 heterocycles. The van der Waals surface area contributed by atoms with Crippen LogP contribution in [-0.4, -0.2) is 55.9 Å². The second kappa shape index (κ2) is 9.54. The fraction of sp³-hybridized carbons (Fsp3) is 0.750. The lowest BCUT2D eigenvalue weighted by Gasteiger charge is -2.29. The van der Waals surface area contributed by atoms with Crippen LogP contribution < -0.4 is 5.32 Å². The summed E-state index contributed by atoms with van der Waals surface area (Å²) in [5.41, 5.74) is 0. The van der Waals surface area contributed by atoms with Gasteiger partial charge in [-0.05, 0) is 63.3 Å². The van der Waals surface area contributed by atoms with Gasteiger partial charge in [-0.15, -0.1) is 11.3 Å². The molecule has 1 aliphatic rings. The van der Waals surface area contributed by atoms with E-state index in [4.69, 9.17) is 4.74 Å². The molecule has 120 valence electrons. The third kappa shape index (κ3) is 6.89. The van der Waals surface area contributed by atoms with E-state index in [1.165, 1.54) is 37.2 Å². The topological polar surface area (TPSA) is 44.7 Å². The van der Waals surface area contributed by atoms with Gasteiger partial charge in [0.05, 0.1) is 19.3 Å². The molecule has 0 radical (unpaired) electrons. The highest BCUT2D eigenvalue weighted by atomic mass is 32.1.